The van der Waals surface area contributed by atoms with E-state index in [1.807, 2.05) is 61.4 Å². The van der Waals surface area contributed by atoms with Gasteiger partial charge in [-0.3, -0.25) is 9.89 Å². The summed E-state index contributed by atoms with van der Waals surface area (Å²) >= 11 is 1.68. The molecular weight excluding hydrogens is 458 g/mol. The van der Waals surface area contributed by atoms with Gasteiger partial charge >= 0.3 is 0 Å². The number of fused-ring (bicyclic) bond motifs is 1. The number of methoxy groups -OCH3 is 1. The molecule has 4 aromatic rings. The van der Waals surface area contributed by atoms with Crippen LogP contribution < -0.4 is 4.74 Å². The van der Waals surface area contributed by atoms with Crippen molar-refractivity contribution in [1.29, 1.82) is 0 Å². The summed E-state index contributed by atoms with van der Waals surface area (Å²) in [7, 11) is 1.64. The maximum Gasteiger partial charge on any atom is 0.273 e. The quantitative estimate of drug-likeness (QED) is 0.334. The lowest BCUT2D eigenvalue weighted by molar-refractivity contribution is 0.0730. The van der Waals surface area contributed by atoms with Crippen molar-refractivity contribution in [3.05, 3.63) is 94.2 Å². The second-order valence-electron chi connectivity index (χ2n) is 8.80. The summed E-state index contributed by atoms with van der Waals surface area (Å²) in [6, 6.07) is 19.5. The Morgan fingerprint density at radius 3 is 2.46 bits per heavy atom. The summed E-state index contributed by atoms with van der Waals surface area (Å²) in [6.45, 7) is 4.29. The largest absolute Gasteiger partial charge is 0.507 e. The molecule has 0 saturated heterocycles. The highest BCUT2D eigenvalue weighted by molar-refractivity contribution is 7.98. The van der Waals surface area contributed by atoms with E-state index >= 15 is 0 Å². The molecule has 0 fully saturated rings. The van der Waals surface area contributed by atoms with Crippen LogP contribution in [0.2, 0.25) is 0 Å². The molecule has 1 amide bonds. The molecule has 1 aliphatic heterocycles. The lowest BCUT2D eigenvalue weighted by Crippen LogP contribution is -2.29. The maximum atomic E-state index is 13.7. The number of carbonyl (C=O) groups is 1. The van der Waals surface area contributed by atoms with Crippen LogP contribution in [0.15, 0.2) is 65.6 Å². The van der Waals surface area contributed by atoms with Crippen LogP contribution in [0.25, 0.3) is 11.3 Å². The lowest BCUT2D eigenvalue weighted by atomic mass is 9.94. The minimum atomic E-state index is -0.343. The van der Waals surface area contributed by atoms with Gasteiger partial charge < -0.3 is 14.7 Å². The van der Waals surface area contributed by atoms with Gasteiger partial charge in [0.25, 0.3) is 5.91 Å². The number of aromatic nitrogens is 2. The van der Waals surface area contributed by atoms with Crippen molar-refractivity contribution in [2.24, 2.45) is 0 Å². The Bertz CT molecular complexity index is 1390. The molecule has 2 heterocycles. The summed E-state index contributed by atoms with van der Waals surface area (Å²) in [6.07, 6.45) is 2.04. The van der Waals surface area contributed by atoms with Crippen molar-refractivity contribution in [3.63, 3.8) is 0 Å². The summed E-state index contributed by atoms with van der Waals surface area (Å²) in [4.78, 5) is 16.7. The molecule has 0 radical (unpaired) electrons. The molecule has 0 aliphatic carbocycles. The van der Waals surface area contributed by atoms with E-state index < -0.39 is 0 Å². The molecular formula is C28H27N3O3S. The Morgan fingerprint density at radius 2 is 1.80 bits per heavy atom. The van der Waals surface area contributed by atoms with Gasteiger partial charge in [-0.2, -0.15) is 5.10 Å². The molecule has 3 aromatic carbocycles. The number of nitrogens with one attached hydrogen (secondary N) is 1. The lowest BCUT2D eigenvalue weighted by Gasteiger charge is -2.27. The third-order valence-corrected chi connectivity index (χ3v) is 7.25. The molecule has 0 saturated carbocycles. The average molecular weight is 486 g/mol. The third kappa shape index (κ3) is 4.06. The Hall–Kier alpha value is -3.71. The molecule has 6 nitrogen and oxygen atoms in total. The first-order chi connectivity index (χ1) is 16.9. The first-order valence-electron chi connectivity index (χ1n) is 11.4. The highest BCUT2D eigenvalue weighted by Crippen LogP contribution is 2.46. The van der Waals surface area contributed by atoms with Crippen molar-refractivity contribution in [2.45, 2.75) is 31.3 Å². The zero-order chi connectivity index (χ0) is 24.7. The van der Waals surface area contributed by atoms with Crippen molar-refractivity contribution < 1.29 is 14.6 Å². The van der Waals surface area contributed by atoms with Gasteiger partial charge in [-0.1, -0.05) is 30.3 Å². The summed E-state index contributed by atoms with van der Waals surface area (Å²) < 4.78 is 5.29. The van der Waals surface area contributed by atoms with E-state index in [-0.39, 0.29) is 17.7 Å². The molecule has 7 heteroatoms. The smallest absolute Gasteiger partial charge is 0.273 e. The average Bonchev–Trinajstić information content (AvgIpc) is 3.41. The van der Waals surface area contributed by atoms with Gasteiger partial charge in [0.2, 0.25) is 0 Å². The van der Waals surface area contributed by atoms with E-state index in [0.29, 0.717) is 23.5 Å². The van der Waals surface area contributed by atoms with E-state index in [9.17, 15) is 9.90 Å². The monoisotopic (exact) mass is 485 g/mol. The Kier molecular flexibility index (Phi) is 6.03. The molecule has 35 heavy (non-hydrogen) atoms. The number of aromatic hydroxyl groups is 1. The number of ether oxygens (including phenoxy) is 1. The van der Waals surface area contributed by atoms with Gasteiger partial charge in [0.05, 0.1) is 13.2 Å². The van der Waals surface area contributed by atoms with Gasteiger partial charge in [-0.15, -0.1) is 11.8 Å². The number of hydrogen-bond acceptors (Lipinski definition) is 5. The number of amides is 1. The second-order valence-corrected chi connectivity index (χ2v) is 9.68. The summed E-state index contributed by atoms with van der Waals surface area (Å²) in [5.74, 6) is 0.840. The number of hydrogen-bond donors (Lipinski definition) is 2. The molecule has 1 unspecified atom stereocenters. The fourth-order valence-electron chi connectivity index (χ4n) is 4.77. The van der Waals surface area contributed by atoms with Gasteiger partial charge in [-0.05, 0) is 72.7 Å². The molecule has 0 spiro atoms. The molecule has 5 rings (SSSR count). The van der Waals surface area contributed by atoms with Gasteiger partial charge in [0.1, 0.15) is 22.9 Å². The van der Waals surface area contributed by atoms with Gasteiger partial charge in [-0.25, -0.2) is 0 Å². The van der Waals surface area contributed by atoms with E-state index in [0.717, 1.165) is 38.5 Å². The SMILES string of the molecule is COc1ccc(CN2C(=O)c3[nH]nc(-c4cc(C)cc(C)c4O)c3C2c2ccc(SC)cc2)cc1. The minimum Gasteiger partial charge on any atom is -0.507 e. The minimum absolute atomic E-state index is 0.114. The van der Waals surface area contributed by atoms with Crippen LogP contribution in [0.3, 0.4) is 0 Å². The summed E-state index contributed by atoms with van der Waals surface area (Å²) in [5.41, 5.74) is 6.28. The number of phenols is 1. The standard InChI is InChI=1S/C28H27N3O3S/c1-16-13-17(2)27(32)22(14-16)24-23-25(30-29-24)28(33)31(15-18-5-9-20(34-3)10-6-18)26(23)19-7-11-21(35-4)12-8-19/h5-14,26,32H,15H2,1-4H3,(H,29,30). The summed E-state index contributed by atoms with van der Waals surface area (Å²) in [5, 5.41) is 18.4. The van der Waals surface area contributed by atoms with Crippen LogP contribution in [0.1, 0.15) is 44.3 Å². The number of thioether (sulfide) groups is 1. The van der Waals surface area contributed by atoms with Crippen LogP contribution >= 0.6 is 11.8 Å². The van der Waals surface area contributed by atoms with Gasteiger partial charge in [0, 0.05) is 22.6 Å². The number of H-pyrrole nitrogens is 1. The van der Waals surface area contributed by atoms with E-state index in [1.165, 1.54) is 0 Å². The Labute approximate surface area is 209 Å². The fourth-order valence-corrected chi connectivity index (χ4v) is 5.17. The number of aryl methyl sites for hydroxylation is 2. The first kappa shape index (κ1) is 23.1. The molecule has 0 bridgehead atoms. The van der Waals surface area contributed by atoms with E-state index in [1.54, 1.807) is 18.9 Å². The molecule has 178 valence electrons. The van der Waals surface area contributed by atoms with Crippen LogP contribution in [-0.4, -0.2) is 39.5 Å². The predicted molar refractivity (Wildman–Crippen MR) is 138 cm³/mol. The number of aromatic amines is 1. The van der Waals surface area contributed by atoms with Crippen molar-refractivity contribution in [2.75, 3.05) is 13.4 Å². The number of nitrogens with zero attached hydrogens (tertiary/aromatic N) is 2. The van der Waals surface area contributed by atoms with Gasteiger partial charge in [0.15, 0.2) is 0 Å². The fraction of sp³-hybridized carbons (Fsp3) is 0.214. The van der Waals surface area contributed by atoms with Crippen LogP contribution in [0.5, 0.6) is 11.5 Å². The number of phenolic OH excluding ortho intramolecular Hbond substituents is 1. The molecule has 1 aliphatic rings. The van der Waals surface area contributed by atoms with E-state index in [2.05, 4.69) is 34.5 Å². The van der Waals surface area contributed by atoms with Crippen LogP contribution in [0, 0.1) is 13.8 Å². The predicted octanol–water partition coefficient (Wildman–Crippen LogP) is 5.88. The first-order valence-corrected chi connectivity index (χ1v) is 12.6. The zero-order valence-electron chi connectivity index (χ0n) is 20.1. The van der Waals surface area contributed by atoms with E-state index in [4.69, 9.17) is 4.74 Å². The molecule has 1 aromatic heterocycles. The van der Waals surface area contributed by atoms with Crippen molar-refractivity contribution in [1.82, 2.24) is 15.1 Å². The highest BCUT2D eigenvalue weighted by atomic mass is 32.2. The number of benzene rings is 3. The molecule has 1 atom stereocenters. The van der Waals surface area contributed by atoms with Crippen LogP contribution in [0.4, 0.5) is 0 Å². The number of rotatable bonds is 6. The van der Waals surface area contributed by atoms with Crippen molar-refractivity contribution >= 4 is 17.7 Å². The van der Waals surface area contributed by atoms with Crippen molar-refractivity contribution in [3.8, 4) is 22.8 Å². The Morgan fingerprint density at radius 1 is 1.09 bits per heavy atom. The third-order valence-electron chi connectivity index (χ3n) is 6.51. The second kappa shape index (κ2) is 9.15. The topological polar surface area (TPSA) is 78.5 Å². The zero-order valence-corrected chi connectivity index (χ0v) is 20.9. The molecule has 2 N–H and O–H groups in total. The number of carbonyl (C=O) groups excluding carboxylic acids is 1. The maximum absolute atomic E-state index is 13.7. The van der Waals surface area contributed by atoms with Crippen LogP contribution in [-0.2, 0) is 6.54 Å². The normalized spacial score (nSPS) is 14.9. The highest BCUT2D eigenvalue weighted by Gasteiger charge is 2.42. The Balaban J connectivity index is 1.65.